The number of carbonyl (C=O) groups excluding carboxylic acids is 2. The quantitative estimate of drug-likeness (QED) is 0.166. The molecule has 5 aromatic rings. The molecule has 52 heavy (non-hydrogen) atoms. The first-order chi connectivity index (χ1) is 25.1. The molecule has 0 spiro atoms. The van der Waals surface area contributed by atoms with Gasteiger partial charge in [0.25, 0.3) is 11.8 Å². The van der Waals surface area contributed by atoms with Crippen LogP contribution >= 0.6 is 23.2 Å². The molecule has 1 saturated heterocycles. The van der Waals surface area contributed by atoms with Crippen LogP contribution in [0.1, 0.15) is 29.5 Å². The number of rotatable bonds is 7. The van der Waals surface area contributed by atoms with E-state index in [1.165, 1.54) is 35.7 Å². The number of allylic oxidation sites excluding steroid dienone is 2. The maximum absolute atomic E-state index is 15.3. The van der Waals surface area contributed by atoms with E-state index in [0.717, 1.165) is 9.58 Å². The molecule has 0 radical (unpaired) electrons. The fourth-order valence-corrected chi connectivity index (χ4v) is 8.62. The number of nitrogens with one attached hydrogen (secondary N) is 1. The number of hydrogen-bond donors (Lipinski definition) is 2. The molecular weight excluding hydrogens is 709 g/mol. The van der Waals surface area contributed by atoms with Gasteiger partial charge >= 0.3 is 11.4 Å². The maximum atomic E-state index is 15.3. The van der Waals surface area contributed by atoms with Crippen molar-refractivity contribution in [3.05, 3.63) is 145 Å². The first-order valence-electron chi connectivity index (χ1n) is 16.4. The molecule has 4 unspecified atom stereocenters. The van der Waals surface area contributed by atoms with Crippen molar-refractivity contribution in [3.63, 3.8) is 0 Å². The molecule has 264 valence electrons. The van der Waals surface area contributed by atoms with Crippen molar-refractivity contribution in [3.8, 4) is 22.9 Å². The van der Waals surface area contributed by atoms with E-state index in [4.69, 9.17) is 32.7 Å². The number of carbonyl (C=O) groups is 2. The van der Waals surface area contributed by atoms with E-state index in [1.54, 1.807) is 78.9 Å². The van der Waals surface area contributed by atoms with Crippen molar-refractivity contribution in [2.45, 2.75) is 30.3 Å². The van der Waals surface area contributed by atoms with E-state index in [0.29, 0.717) is 33.2 Å². The normalized spacial score (nSPS) is 22.0. The number of para-hydroxylation sites is 1. The summed E-state index contributed by atoms with van der Waals surface area (Å²) in [5.41, 5.74) is 2.55. The molecule has 2 N–H and O–H groups in total. The summed E-state index contributed by atoms with van der Waals surface area (Å²) in [5.74, 6) is -2.55. The van der Waals surface area contributed by atoms with Crippen LogP contribution in [0.15, 0.2) is 112 Å². The van der Waals surface area contributed by atoms with Gasteiger partial charge in [0.2, 0.25) is 0 Å². The first-order valence-corrected chi connectivity index (χ1v) is 17.2. The lowest BCUT2D eigenvalue weighted by atomic mass is 9.53. The number of imide groups is 1. The highest BCUT2D eigenvalue weighted by Gasteiger charge is 2.69. The molecule has 3 heterocycles. The van der Waals surface area contributed by atoms with Gasteiger partial charge in [-0.1, -0.05) is 65.7 Å². The lowest BCUT2D eigenvalue weighted by molar-refractivity contribution is -0.138. The summed E-state index contributed by atoms with van der Waals surface area (Å²) in [5, 5.41) is 12.6. The van der Waals surface area contributed by atoms with Crippen LogP contribution in [0.2, 0.25) is 10.0 Å². The summed E-state index contributed by atoms with van der Waals surface area (Å²) < 4.78 is 14.7. The number of aromatic nitrogens is 3. The number of ether oxygens (including phenoxy) is 2. The Kier molecular flexibility index (Phi) is 8.03. The Morgan fingerprint density at radius 3 is 2.29 bits per heavy atom. The van der Waals surface area contributed by atoms with Crippen LogP contribution in [-0.2, 0) is 21.5 Å². The van der Waals surface area contributed by atoms with Crippen LogP contribution in [-0.4, -0.2) is 50.1 Å². The number of amides is 2. The summed E-state index contributed by atoms with van der Waals surface area (Å²) >= 11 is 12.7. The standard InChI is InChI=1S/C38H31Cl2N5O7/c1-51-25-12-9-22(10-13-25)38-27(34(47)44(35(38)48)41-29-14-11-23(39)19-28(29)40)20-30-26(33(38)21-8-15-32(52-2)31(46)18-21)16-17-42-36(49)43(37(50)45(30)42)24-6-4-3-5-7-24/h3-16,18-19,27,30,33,41,46H,17,20H2,1-2H3. The zero-order chi connectivity index (χ0) is 36.5. The molecule has 2 fully saturated rings. The Morgan fingerprint density at radius 1 is 0.865 bits per heavy atom. The minimum Gasteiger partial charge on any atom is -0.504 e. The highest BCUT2D eigenvalue weighted by molar-refractivity contribution is 6.36. The average molecular weight is 741 g/mol. The lowest BCUT2D eigenvalue weighted by Gasteiger charge is -2.49. The zero-order valence-electron chi connectivity index (χ0n) is 27.8. The summed E-state index contributed by atoms with van der Waals surface area (Å²) in [6.45, 7) is 0.0201. The Balaban J connectivity index is 1.39. The van der Waals surface area contributed by atoms with Crippen molar-refractivity contribution < 1.29 is 24.2 Å². The van der Waals surface area contributed by atoms with Crippen LogP contribution < -0.4 is 26.3 Å². The van der Waals surface area contributed by atoms with Gasteiger partial charge in [-0.3, -0.25) is 15.0 Å². The van der Waals surface area contributed by atoms with E-state index in [1.807, 2.05) is 6.08 Å². The van der Waals surface area contributed by atoms with Crippen LogP contribution in [0.25, 0.3) is 5.69 Å². The van der Waals surface area contributed by atoms with Crippen LogP contribution in [0.5, 0.6) is 17.2 Å². The van der Waals surface area contributed by atoms with Crippen molar-refractivity contribution in [1.82, 2.24) is 18.9 Å². The van der Waals surface area contributed by atoms with Gasteiger partial charge in [0, 0.05) is 10.9 Å². The van der Waals surface area contributed by atoms with Crippen LogP contribution in [0.4, 0.5) is 5.69 Å². The molecule has 4 aromatic carbocycles. The van der Waals surface area contributed by atoms with Gasteiger partial charge in [-0.2, -0.15) is 5.01 Å². The highest BCUT2D eigenvalue weighted by atomic mass is 35.5. The van der Waals surface area contributed by atoms with Crippen molar-refractivity contribution in [2.24, 2.45) is 5.92 Å². The number of methoxy groups -OCH3 is 2. The molecule has 12 nitrogen and oxygen atoms in total. The largest absolute Gasteiger partial charge is 0.504 e. The van der Waals surface area contributed by atoms with E-state index < -0.39 is 46.5 Å². The molecule has 2 amide bonds. The minimum absolute atomic E-state index is 0.00818. The summed E-state index contributed by atoms with van der Waals surface area (Å²) in [7, 11) is 2.96. The van der Waals surface area contributed by atoms with Crippen LogP contribution in [0, 0.1) is 5.92 Å². The maximum Gasteiger partial charge on any atom is 0.352 e. The molecular formula is C38H31Cl2N5O7. The second-order valence-electron chi connectivity index (χ2n) is 12.8. The van der Waals surface area contributed by atoms with Gasteiger partial charge < -0.3 is 14.6 Å². The molecule has 0 bridgehead atoms. The molecule has 14 heteroatoms. The molecule has 1 saturated carbocycles. The summed E-state index contributed by atoms with van der Waals surface area (Å²) in [6.07, 6.45) is 1.84. The third-order valence-corrected chi connectivity index (χ3v) is 10.9. The molecule has 1 aliphatic carbocycles. The second-order valence-corrected chi connectivity index (χ2v) is 13.7. The van der Waals surface area contributed by atoms with Gasteiger partial charge in [0.15, 0.2) is 11.5 Å². The SMILES string of the molecule is COc1ccc(C23C(=O)N(Nc4ccc(Cl)cc4Cl)C(=O)C2CC2C(=CCn4c(=O)n(-c5ccccc5)c(=O)n42)C3c2ccc(OC)c(O)c2)cc1. The molecule has 1 aromatic heterocycles. The number of phenols is 1. The Morgan fingerprint density at radius 2 is 1.62 bits per heavy atom. The number of aromatic hydroxyl groups is 1. The lowest BCUT2D eigenvalue weighted by Crippen LogP contribution is -2.53. The topological polar surface area (TPSA) is 137 Å². The van der Waals surface area contributed by atoms with Gasteiger partial charge in [0.05, 0.1) is 54.5 Å². The predicted octanol–water partition coefficient (Wildman–Crippen LogP) is 5.45. The first kappa shape index (κ1) is 33.4. The highest BCUT2D eigenvalue weighted by Crippen LogP contribution is 2.62. The number of hydrazine groups is 1. The third-order valence-electron chi connectivity index (χ3n) is 10.4. The monoisotopic (exact) mass is 739 g/mol. The van der Waals surface area contributed by atoms with E-state index in [-0.39, 0.29) is 35.2 Å². The van der Waals surface area contributed by atoms with Crippen molar-refractivity contribution >= 4 is 40.7 Å². The fourth-order valence-electron chi connectivity index (χ4n) is 8.16. The van der Waals surface area contributed by atoms with E-state index in [2.05, 4.69) is 5.43 Å². The van der Waals surface area contributed by atoms with Crippen molar-refractivity contribution in [1.29, 1.82) is 0 Å². The number of fused-ring (bicyclic) bond motifs is 4. The van der Waals surface area contributed by atoms with Crippen molar-refractivity contribution in [2.75, 3.05) is 19.6 Å². The van der Waals surface area contributed by atoms with Gasteiger partial charge in [-0.15, -0.1) is 0 Å². The number of hydrogen-bond acceptors (Lipinski definition) is 8. The minimum atomic E-state index is -1.60. The predicted molar refractivity (Wildman–Crippen MR) is 194 cm³/mol. The fraction of sp³-hybridized carbons (Fsp3) is 0.211. The zero-order valence-corrected chi connectivity index (χ0v) is 29.3. The molecule has 3 aliphatic rings. The summed E-state index contributed by atoms with van der Waals surface area (Å²) in [6, 6.07) is 24.2. The van der Waals surface area contributed by atoms with E-state index in [9.17, 15) is 19.5 Å². The second kappa shape index (κ2) is 12.5. The molecule has 8 rings (SSSR count). The van der Waals surface area contributed by atoms with E-state index >= 15 is 4.79 Å². The smallest absolute Gasteiger partial charge is 0.352 e. The van der Waals surface area contributed by atoms with Gasteiger partial charge in [-0.05, 0) is 77.7 Å². The molecule has 4 atom stereocenters. The Hall–Kier alpha value is -5.72. The number of nitrogens with zero attached hydrogens (tertiary/aromatic N) is 4. The number of halogens is 2. The number of phenolic OH excluding ortho intramolecular Hbond substituents is 1. The summed E-state index contributed by atoms with van der Waals surface area (Å²) in [4.78, 5) is 58.3. The average Bonchev–Trinajstić information content (AvgIpc) is 3.53. The number of anilines is 1. The molecule has 2 aliphatic heterocycles. The van der Waals surface area contributed by atoms with Gasteiger partial charge in [0.1, 0.15) is 5.75 Å². The Bertz CT molecular complexity index is 2420. The number of benzene rings is 4. The van der Waals surface area contributed by atoms with Crippen LogP contribution in [0.3, 0.4) is 0 Å². The third kappa shape index (κ3) is 4.81. The van der Waals surface area contributed by atoms with Gasteiger partial charge in [-0.25, -0.2) is 23.5 Å². The Labute approximate surface area is 306 Å².